The minimum absolute atomic E-state index is 0.0240. The molecule has 18 heteroatoms. The van der Waals surface area contributed by atoms with Crippen molar-refractivity contribution in [2.24, 2.45) is 22.1 Å². The lowest BCUT2D eigenvalue weighted by atomic mass is 10.0. The molecule has 2 aliphatic rings. The topological polar surface area (TPSA) is 188 Å². The molecule has 61 heavy (non-hydrogen) atoms. The van der Waals surface area contributed by atoms with Gasteiger partial charge < -0.3 is 47.6 Å². The van der Waals surface area contributed by atoms with Gasteiger partial charge in [-0.25, -0.2) is 9.59 Å². The summed E-state index contributed by atoms with van der Waals surface area (Å²) in [5.74, 6) is 0.343. The van der Waals surface area contributed by atoms with Crippen molar-refractivity contribution in [3.8, 4) is 45.5 Å². The summed E-state index contributed by atoms with van der Waals surface area (Å²) in [5, 5.41) is 17.4. The largest absolute Gasteiger partial charge is 0.492 e. The molecule has 4 aromatic rings. The van der Waals surface area contributed by atoms with Crippen molar-refractivity contribution in [3.05, 3.63) is 90.4 Å². The molecule has 16 nitrogen and oxygen atoms in total. The zero-order valence-electron chi connectivity index (χ0n) is 34.8. The highest BCUT2D eigenvalue weighted by Gasteiger charge is 2.30. The lowest BCUT2D eigenvalue weighted by molar-refractivity contribution is 0.0596. The van der Waals surface area contributed by atoms with Crippen LogP contribution >= 0.6 is 23.2 Å². The van der Waals surface area contributed by atoms with Crippen LogP contribution < -0.4 is 29.8 Å². The van der Waals surface area contributed by atoms with Gasteiger partial charge in [0.1, 0.15) is 61.6 Å². The van der Waals surface area contributed by atoms with Gasteiger partial charge in [0.2, 0.25) is 0 Å². The fraction of sp³-hybridized carbons (Fsp3) is 0.395. The number of fused-ring (bicyclic) bond motifs is 6. The predicted molar refractivity (Wildman–Crippen MR) is 231 cm³/mol. The summed E-state index contributed by atoms with van der Waals surface area (Å²) in [6, 6.07) is 9.26. The zero-order valence-corrected chi connectivity index (χ0v) is 36.3. The van der Waals surface area contributed by atoms with Crippen LogP contribution in [-0.4, -0.2) is 86.4 Å². The predicted octanol–water partition coefficient (Wildman–Crippen LogP) is 7.80. The third-order valence-electron chi connectivity index (χ3n) is 9.86. The van der Waals surface area contributed by atoms with Crippen LogP contribution in [0.2, 0.25) is 10.0 Å². The number of nitrogens with zero attached hydrogens (tertiary/aromatic N) is 4. The highest BCUT2D eigenvalue weighted by molar-refractivity contribution is 6.32. The number of esters is 1. The third kappa shape index (κ3) is 10.9. The Morgan fingerprint density at radius 1 is 0.738 bits per heavy atom. The van der Waals surface area contributed by atoms with Crippen LogP contribution in [0.1, 0.15) is 73.3 Å². The summed E-state index contributed by atoms with van der Waals surface area (Å²) in [6.45, 7) is 9.48. The maximum Gasteiger partial charge on any atom is 0.343 e. The lowest BCUT2D eigenvalue weighted by Crippen LogP contribution is -2.26. The highest BCUT2D eigenvalue weighted by atomic mass is 35.5. The van der Waals surface area contributed by atoms with E-state index in [2.05, 4.69) is 20.0 Å². The molecule has 2 aliphatic heterocycles. The quantitative estimate of drug-likeness (QED) is 0.0561. The second-order valence-corrected chi connectivity index (χ2v) is 15.3. The number of carboxylic acid groups (broad SMARTS) is 1. The first-order chi connectivity index (χ1) is 29.2. The molecule has 1 N–H and O–H groups in total. The number of rotatable bonds is 14. The number of carboxylic acids is 1. The molecule has 2 aromatic heterocycles. The Morgan fingerprint density at radius 2 is 1.16 bits per heavy atom. The number of pyridine rings is 2. The molecule has 0 fully saturated rings. The molecule has 0 saturated carbocycles. The lowest BCUT2D eigenvalue weighted by Gasteiger charge is -2.24. The van der Waals surface area contributed by atoms with Crippen LogP contribution in [0.4, 0.5) is 0 Å². The first-order valence-corrected chi connectivity index (χ1v) is 20.1. The number of aromatic carboxylic acids is 1. The first-order valence-electron chi connectivity index (χ1n) is 19.3. The fourth-order valence-corrected chi connectivity index (χ4v) is 7.11. The summed E-state index contributed by atoms with van der Waals surface area (Å²) in [6.07, 6.45) is 7.20. The standard InChI is InChI=1S/C22H25ClN2O6.C21H23ClN2O6/c1-13(2)18-12-31-20-10-21(30-7-5-6-24-29-4)16(23)8-14(20)17-9-19(26)15(11-25(17)18)22(27)28-3;1-12(2)17-11-30-19-9-20(29-6-4-5-23-28-3)15(22)7-13(19)16-8-18(25)14(21(26)27)10-24(16)17/h6,8-11,13,18H,5,7,12H2,1-4H3;5,7-10,12,17H,4,6,11H2,1-3H3,(H,26,27)/b24-6+;23-5+/t18-;17-/m00/s1. The Balaban J connectivity index is 0.000000231. The SMILES string of the molecule is CO/N=C/CCOc1cc2c(cc1Cl)-c1cc(=O)c(C(=O)O)cn1[C@H](C(C)C)CO2.CO/N=C/CCOc1cc2c(cc1Cl)-c1cc(=O)c(C(=O)OC)cn1[C@H](C(C)C)CO2. The van der Waals surface area contributed by atoms with E-state index in [9.17, 15) is 24.3 Å². The van der Waals surface area contributed by atoms with E-state index in [0.717, 1.165) is 0 Å². The minimum atomic E-state index is -1.26. The van der Waals surface area contributed by atoms with Crippen molar-refractivity contribution in [1.82, 2.24) is 9.13 Å². The summed E-state index contributed by atoms with van der Waals surface area (Å²) >= 11 is 12.9. The van der Waals surface area contributed by atoms with Crippen LogP contribution in [0.25, 0.3) is 22.5 Å². The molecule has 0 saturated heterocycles. The van der Waals surface area contributed by atoms with Crippen molar-refractivity contribution >= 4 is 47.6 Å². The van der Waals surface area contributed by atoms with Crippen LogP contribution in [-0.2, 0) is 14.4 Å². The summed E-state index contributed by atoms with van der Waals surface area (Å²) in [5.41, 5.74) is 1.11. The van der Waals surface area contributed by atoms with E-state index in [1.165, 1.54) is 39.7 Å². The van der Waals surface area contributed by atoms with Crippen molar-refractivity contribution in [3.63, 3.8) is 0 Å². The van der Waals surface area contributed by atoms with Gasteiger partial charge in [-0.15, -0.1) is 0 Å². The number of carbonyl (C=O) groups excluding carboxylic acids is 1. The summed E-state index contributed by atoms with van der Waals surface area (Å²) in [4.78, 5) is 57.8. The number of methoxy groups -OCH3 is 1. The van der Waals surface area contributed by atoms with Crippen LogP contribution in [0.5, 0.6) is 23.0 Å². The molecule has 2 atom stereocenters. The number of aromatic nitrogens is 2. The average Bonchev–Trinajstić information content (AvgIpc) is 3.47. The smallest absolute Gasteiger partial charge is 0.343 e. The van der Waals surface area contributed by atoms with Gasteiger partial charge in [0, 0.05) is 73.1 Å². The molecule has 0 unspecified atom stereocenters. The molecule has 6 rings (SSSR count). The Bertz CT molecular complexity index is 2410. The number of benzene rings is 2. The van der Waals surface area contributed by atoms with E-state index in [-0.39, 0.29) is 35.0 Å². The maximum atomic E-state index is 12.6. The van der Waals surface area contributed by atoms with Crippen molar-refractivity contribution in [2.75, 3.05) is 47.8 Å². The van der Waals surface area contributed by atoms with Crippen LogP contribution in [0.3, 0.4) is 0 Å². The Hall–Kier alpha value is -6.00. The van der Waals surface area contributed by atoms with Gasteiger partial charge in [0.15, 0.2) is 10.9 Å². The van der Waals surface area contributed by atoms with Gasteiger partial charge in [-0.2, -0.15) is 0 Å². The van der Waals surface area contributed by atoms with E-state index >= 15 is 0 Å². The van der Waals surface area contributed by atoms with E-state index in [1.54, 1.807) is 47.5 Å². The number of oxime groups is 2. The Kier molecular flexibility index (Phi) is 15.9. The molecule has 0 amide bonds. The average molecular weight is 884 g/mol. The number of hydrogen-bond donors (Lipinski definition) is 1. The Labute approximate surface area is 362 Å². The molecule has 4 heterocycles. The van der Waals surface area contributed by atoms with Crippen molar-refractivity contribution in [1.29, 1.82) is 0 Å². The number of hydrogen-bond acceptors (Lipinski definition) is 13. The van der Waals surface area contributed by atoms with Gasteiger partial charge >= 0.3 is 11.9 Å². The van der Waals surface area contributed by atoms with Gasteiger partial charge in [0.25, 0.3) is 0 Å². The fourth-order valence-electron chi connectivity index (χ4n) is 6.67. The number of halogens is 2. The van der Waals surface area contributed by atoms with E-state index in [0.29, 0.717) is 94.8 Å². The molecular formula is C43H48Cl2N4O12. The van der Waals surface area contributed by atoms with Gasteiger partial charge in [-0.05, 0) is 24.0 Å². The monoisotopic (exact) mass is 882 g/mol. The number of ether oxygens (including phenoxy) is 5. The molecule has 0 aliphatic carbocycles. The normalized spacial score (nSPS) is 15.2. The van der Waals surface area contributed by atoms with Gasteiger partial charge in [-0.1, -0.05) is 61.2 Å². The van der Waals surface area contributed by atoms with Gasteiger partial charge in [0.05, 0.1) is 53.8 Å². The maximum absolute atomic E-state index is 12.6. The molecule has 0 bridgehead atoms. The second kappa shape index (κ2) is 21.0. The zero-order chi connectivity index (χ0) is 44.4. The number of carbonyl (C=O) groups is 2. The molecule has 2 aromatic carbocycles. The highest BCUT2D eigenvalue weighted by Crippen LogP contribution is 2.44. The molecule has 326 valence electrons. The molecule has 0 radical (unpaired) electrons. The van der Waals surface area contributed by atoms with E-state index in [1.807, 2.05) is 32.3 Å². The van der Waals surface area contributed by atoms with Crippen LogP contribution in [0.15, 0.2) is 68.7 Å². The molecular weight excluding hydrogens is 835 g/mol. The van der Waals surface area contributed by atoms with Gasteiger partial charge in [-0.3, -0.25) is 9.59 Å². The summed E-state index contributed by atoms with van der Waals surface area (Å²) in [7, 11) is 4.18. The van der Waals surface area contributed by atoms with E-state index < -0.39 is 22.8 Å². The first kappa shape index (κ1) is 46.1. The van der Waals surface area contributed by atoms with Crippen molar-refractivity contribution < 1.29 is 48.1 Å². The van der Waals surface area contributed by atoms with Crippen LogP contribution in [0, 0.1) is 11.8 Å². The third-order valence-corrected chi connectivity index (χ3v) is 10.4. The van der Waals surface area contributed by atoms with E-state index in [4.69, 9.17) is 46.9 Å². The summed E-state index contributed by atoms with van der Waals surface area (Å²) < 4.78 is 32.0. The minimum Gasteiger partial charge on any atom is -0.492 e. The molecule has 0 spiro atoms. The van der Waals surface area contributed by atoms with Crippen molar-refractivity contribution in [2.45, 2.75) is 52.6 Å². The second-order valence-electron chi connectivity index (χ2n) is 14.5. The Morgan fingerprint density at radius 3 is 1.56 bits per heavy atom.